The van der Waals surface area contributed by atoms with Crippen LogP contribution in [-0.4, -0.2) is 32.6 Å². The first-order valence-electron chi connectivity index (χ1n) is 9.69. The standard InChI is InChI=1S/C24H28NOSi/c1-24(2,3)25(4,5)27(26)19-15-22-20-12-8-6-10-17(20)14-18-11-7-9-13-21(18)23(22)16-19/h6-13,15-16,19H,14H2,1-5H3/q+1. The molecule has 0 saturated carbocycles. The lowest BCUT2D eigenvalue weighted by Gasteiger charge is -2.41. The van der Waals surface area contributed by atoms with Crippen molar-refractivity contribution in [3.63, 3.8) is 0 Å². The molecule has 2 nitrogen and oxygen atoms in total. The van der Waals surface area contributed by atoms with Crippen LogP contribution in [0.1, 0.15) is 43.0 Å². The van der Waals surface area contributed by atoms with Crippen molar-refractivity contribution in [1.29, 1.82) is 0 Å². The molecule has 2 aromatic carbocycles. The third-order valence-electron chi connectivity index (χ3n) is 6.49. The highest BCUT2D eigenvalue weighted by molar-refractivity contribution is 6.40. The van der Waals surface area contributed by atoms with Crippen LogP contribution < -0.4 is 0 Å². The third-order valence-corrected chi connectivity index (χ3v) is 9.17. The van der Waals surface area contributed by atoms with E-state index >= 15 is 0 Å². The van der Waals surface area contributed by atoms with Crippen LogP contribution in [0.4, 0.5) is 0 Å². The Morgan fingerprint density at radius 3 is 1.74 bits per heavy atom. The van der Waals surface area contributed by atoms with E-state index in [4.69, 9.17) is 0 Å². The molecule has 2 aliphatic rings. The third kappa shape index (κ3) is 2.90. The summed E-state index contributed by atoms with van der Waals surface area (Å²) in [7, 11) is 2.27. The van der Waals surface area contributed by atoms with Crippen molar-refractivity contribution in [2.45, 2.75) is 38.3 Å². The van der Waals surface area contributed by atoms with Gasteiger partial charge in [-0.1, -0.05) is 60.7 Å². The number of rotatable bonds is 2. The van der Waals surface area contributed by atoms with Crippen molar-refractivity contribution in [2.75, 3.05) is 14.1 Å². The summed E-state index contributed by atoms with van der Waals surface area (Å²) in [5.41, 5.74) is 7.73. The van der Waals surface area contributed by atoms with Gasteiger partial charge in [-0.2, -0.15) is 0 Å². The molecular weight excluding hydrogens is 346 g/mol. The van der Waals surface area contributed by atoms with Crippen LogP contribution in [0.25, 0.3) is 11.1 Å². The average Bonchev–Trinajstić information content (AvgIpc) is 3.01. The maximum atomic E-state index is 13.6. The molecule has 0 aromatic heterocycles. The molecule has 0 radical (unpaired) electrons. The van der Waals surface area contributed by atoms with Gasteiger partial charge in [0.05, 0.1) is 25.2 Å². The summed E-state index contributed by atoms with van der Waals surface area (Å²) in [4.78, 5) is 0. The minimum absolute atomic E-state index is 0.00608. The summed E-state index contributed by atoms with van der Waals surface area (Å²) >= 11 is 0. The summed E-state index contributed by atoms with van der Waals surface area (Å²) in [6, 6.07) is 17.3. The SMILES string of the molecule is CC(C)(C)[N+](C)(C)[Si](=O)C1C=C2C(=C1)c1ccccc1Cc1ccccc12. The summed E-state index contributed by atoms with van der Waals surface area (Å²) in [5, 5.41) is 0. The van der Waals surface area contributed by atoms with Gasteiger partial charge in [-0.05, 0) is 60.6 Å². The average molecular weight is 375 g/mol. The van der Waals surface area contributed by atoms with Crippen LogP contribution in [0.5, 0.6) is 0 Å². The van der Waals surface area contributed by atoms with Crippen molar-refractivity contribution < 1.29 is 8.61 Å². The molecule has 0 unspecified atom stereocenters. The molecule has 0 heterocycles. The molecule has 0 bridgehead atoms. The molecule has 0 fully saturated rings. The highest BCUT2D eigenvalue weighted by atomic mass is 28.3. The molecular formula is C24H28NOSi+. The van der Waals surface area contributed by atoms with E-state index in [0.29, 0.717) is 4.15 Å². The summed E-state index contributed by atoms with van der Waals surface area (Å²) in [6.45, 7) is 6.52. The Bertz CT molecular complexity index is 930. The zero-order chi connectivity index (χ0) is 19.4. The van der Waals surface area contributed by atoms with Crippen LogP contribution in [0.15, 0.2) is 60.7 Å². The molecule has 0 N–H and O–H groups in total. The number of nitrogens with zero attached hydrogens (tertiary/aromatic N) is 1. The van der Waals surface area contributed by atoms with Gasteiger partial charge in [-0.3, -0.25) is 0 Å². The Labute approximate surface area is 164 Å². The molecule has 0 amide bonds. The van der Waals surface area contributed by atoms with E-state index in [0.717, 1.165) is 6.42 Å². The maximum Gasteiger partial charge on any atom is 0.564 e. The fourth-order valence-electron chi connectivity index (χ4n) is 3.98. The molecule has 0 spiro atoms. The zero-order valence-electron chi connectivity index (χ0n) is 16.9. The quantitative estimate of drug-likeness (QED) is 0.657. The predicted octanol–water partition coefficient (Wildman–Crippen LogP) is 5.24. The summed E-state index contributed by atoms with van der Waals surface area (Å²) in [6.07, 6.45) is 5.48. The molecule has 0 aliphatic heterocycles. The number of allylic oxidation sites excluding steroid dienone is 4. The summed E-state index contributed by atoms with van der Waals surface area (Å²) in [5.74, 6) is 0. The first-order chi connectivity index (χ1) is 12.7. The van der Waals surface area contributed by atoms with E-state index < -0.39 is 8.84 Å². The van der Waals surface area contributed by atoms with E-state index in [2.05, 4.69) is 95.5 Å². The topological polar surface area (TPSA) is 17.1 Å². The second-order valence-electron chi connectivity index (χ2n) is 9.14. The number of hydrogen-bond acceptors (Lipinski definition) is 1. The first kappa shape index (κ1) is 18.3. The van der Waals surface area contributed by atoms with Crippen molar-refractivity contribution in [2.24, 2.45) is 0 Å². The van der Waals surface area contributed by atoms with Gasteiger partial charge in [0.2, 0.25) is 0 Å². The van der Waals surface area contributed by atoms with Crippen molar-refractivity contribution in [3.8, 4) is 0 Å². The molecule has 3 heteroatoms. The minimum Gasteiger partial charge on any atom is -0.328 e. The number of benzene rings is 2. The van der Waals surface area contributed by atoms with E-state index in [1.54, 1.807) is 0 Å². The minimum atomic E-state index is -1.94. The number of fused-ring (bicyclic) bond motifs is 5. The van der Waals surface area contributed by atoms with Crippen LogP contribution in [0.3, 0.4) is 0 Å². The Morgan fingerprint density at radius 2 is 1.30 bits per heavy atom. The lowest BCUT2D eigenvalue weighted by molar-refractivity contribution is -0.838. The monoisotopic (exact) mass is 374 g/mol. The van der Waals surface area contributed by atoms with Crippen LogP contribution >= 0.6 is 0 Å². The van der Waals surface area contributed by atoms with E-state index in [1.807, 2.05) is 0 Å². The second kappa shape index (κ2) is 6.22. The van der Waals surface area contributed by atoms with Gasteiger partial charge in [0.25, 0.3) is 0 Å². The van der Waals surface area contributed by atoms with Gasteiger partial charge >= 0.3 is 8.84 Å². The molecule has 4 rings (SSSR count). The fraction of sp³-hybridized carbons (Fsp3) is 0.333. The number of hydrogen-bond donors (Lipinski definition) is 0. The lowest BCUT2D eigenvalue weighted by atomic mass is 9.95. The molecule has 2 aliphatic carbocycles. The molecule has 2 aromatic rings. The fourth-order valence-corrected chi connectivity index (χ4v) is 6.01. The zero-order valence-corrected chi connectivity index (χ0v) is 17.9. The van der Waals surface area contributed by atoms with Crippen molar-refractivity contribution >= 4 is 20.0 Å². The van der Waals surface area contributed by atoms with E-state index in [-0.39, 0.29) is 11.1 Å². The van der Waals surface area contributed by atoms with E-state index in [1.165, 1.54) is 33.4 Å². The predicted molar refractivity (Wildman–Crippen MR) is 114 cm³/mol. The molecule has 27 heavy (non-hydrogen) atoms. The lowest BCUT2D eigenvalue weighted by Crippen LogP contribution is -2.60. The Balaban J connectivity index is 1.88. The Morgan fingerprint density at radius 1 is 0.852 bits per heavy atom. The van der Waals surface area contributed by atoms with Crippen LogP contribution in [-0.2, 0) is 10.9 Å². The largest absolute Gasteiger partial charge is 0.564 e. The summed E-state index contributed by atoms with van der Waals surface area (Å²) < 4.78 is 14.2. The van der Waals surface area contributed by atoms with Gasteiger partial charge in [-0.15, -0.1) is 0 Å². The van der Waals surface area contributed by atoms with Gasteiger partial charge < -0.3 is 8.61 Å². The van der Waals surface area contributed by atoms with Gasteiger partial charge in [0.15, 0.2) is 0 Å². The smallest absolute Gasteiger partial charge is 0.328 e. The van der Waals surface area contributed by atoms with Crippen molar-refractivity contribution in [1.82, 2.24) is 0 Å². The number of quaternary nitrogens is 1. The van der Waals surface area contributed by atoms with Gasteiger partial charge in [0.1, 0.15) is 0 Å². The second-order valence-corrected chi connectivity index (χ2v) is 11.6. The first-order valence-corrected chi connectivity index (χ1v) is 11.1. The molecule has 0 saturated heterocycles. The van der Waals surface area contributed by atoms with Crippen LogP contribution in [0, 0.1) is 0 Å². The van der Waals surface area contributed by atoms with Gasteiger partial charge in [0, 0.05) is 0 Å². The molecule has 0 atom stereocenters. The normalized spacial score (nSPS) is 16.6. The maximum absolute atomic E-state index is 13.6. The molecule has 138 valence electrons. The Kier molecular flexibility index (Phi) is 4.21. The highest BCUT2D eigenvalue weighted by Gasteiger charge is 2.46. The van der Waals surface area contributed by atoms with E-state index in [9.17, 15) is 4.46 Å². The van der Waals surface area contributed by atoms with Crippen molar-refractivity contribution in [3.05, 3.63) is 82.9 Å². The van der Waals surface area contributed by atoms with Gasteiger partial charge in [-0.25, -0.2) is 0 Å². The van der Waals surface area contributed by atoms with Crippen LogP contribution in [0.2, 0.25) is 5.54 Å². The Hall–Kier alpha value is -2.10. The highest BCUT2D eigenvalue weighted by Crippen LogP contribution is 2.46.